The number of benzene rings is 2. The number of methoxy groups -OCH3 is 1. The van der Waals surface area contributed by atoms with E-state index in [0.717, 1.165) is 15.8 Å². The lowest BCUT2D eigenvalue weighted by Crippen LogP contribution is -3.14. The van der Waals surface area contributed by atoms with Crippen molar-refractivity contribution in [2.24, 2.45) is 0 Å². The third kappa shape index (κ3) is 4.17. The molecule has 3 aromatic rings. The summed E-state index contributed by atoms with van der Waals surface area (Å²) in [7, 11) is 3.43. The number of aromatic nitrogens is 1. The van der Waals surface area contributed by atoms with Crippen LogP contribution in [0.3, 0.4) is 0 Å². The zero-order valence-corrected chi connectivity index (χ0v) is 15.7. The predicted octanol–water partition coefficient (Wildman–Crippen LogP) is 1.90. The number of rotatable bonds is 7. The minimum atomic E-state index is -0.347. The first kappa shape index (κ1) is 18.7. The fourth-order valence-corrected chi connectivity index (χ4v) is 3.04. The monoisotopic (exact) mass is 366 g/mol. The van der Waals surface area contributed by atoms with Gasteiger partial charge in [0.25, 0.3) is 5.91 Å². The molecule has 27 heavy (non-hydrogen) atoms. The molecule has 0 saturated carbocycles. The number of quaternary nitrogens is 1. The SMILES string of the molecule is COc1cccc(NC(=O)C[NH+](C)[C@H](C)C(=O)c2c[nH]c3ccccc23)c1. The highest BCUT2D eigenvalue weighted by Gasteiger charge is 2.26. The van der Waals surface area contributed by atoms with Crippen LogP contribution >= 0.6 is 0 Å². The van der Waals surface area contributed by atoms with Crippen LogP contribution in [0.4, 0.5) is 5.69 Å². The van der Waals surface area contributed by atoms with Crippen molar-refractivity contribution in [1.82, 2.24) is 4.98 Å². The van der Waals surface area contributed by atoms with Gasteiger partial charge in [-0.15, -0.1) is 0 Å². The van der Waals surface area contributed by atoms with Crippen molar-refractivity contribution < 1.29 is 19.2 Å². The molecule has 2 atom stereocenters. The lowest BCUT2D eigenvalue weighted by molar-refractivity contribution is -0.885. The normalized spacial score (nSPS) is 13.1. The summed E-state index contributed by atoms with van der Waals surface area (Å²) in [6.45, 7) is 2.03. The van der Waals surface area contributed by atoms with Crippen molar-refractivity contribution in [2.75, 3.05) is 26.0 Å². The molecule has 1 amide bonds. The molecule has 3 N–H and O–H groups in total. The van der Waals surface area contributed by atoms with Gasteiger partial charge in [0, 0.05) is 34.4 Å². The van der Waals surface area contributed by atoms with Crippen molar-refractivity contribution in [3.8, 4) is 5.75 Å². The summed E-state index contributed by atoms with van der Waals surface area (Å²) in [6, 6.07) is 14.5. The average Bonchev–Trinajstić information content (AvgIpc) is 3.11. The van der Waals surface area contributed by atoms with Gasteiger partial charge in [-0.25, -0.2) is 0 Å². The summed E-state index contributed by atoms with van der Waals surface area (Å²) in [6.07, 6.45) is 1.74. The van der Waals surface area contributed by atoms with Crippen LogP contribution in [-0.4, -0.2) is 43.4 Å². The molecule has 0 fully saturated rings. The first-order valence-electron chi connectivity index (χ1n) is 8.86. The summed E-state index contributed by atoms with van der Waals surface area (Å²) in [4.78, 5) is 29.2. The van der Waals surface area contributed by atoms with Crippen LogP contribution in [0.25, 0.3) is 10.9 Å². The fourth-order valence-electron chi connectivity index (χ4n) is 3.04. The van der Waals surface area contributed by atoms with E-state index in [1.54, 1.807) is 25.4 Å². The standard InChI is InChI=1S/C21H23N3O3/c1-14(21(26)18-12-22-19-10-5-4-9-17(18)19)24(2)13-20(25)23-15-7-6-8-16(11-15)27-3/h4-12,14,22H,13H2,1-3H3,(H,23,25)/p+1/t14-/m1/s1. The second-order valence-corrected chi connectivity index (χ2v) is 6.64. The number of aromatic amines is 1. The molecular formula is C21H24N3O3+. The Bertz CT molecular complexity index is 964. The summed E-state index contributed by atoms with van der Waals surface area (Å²) in [5.41, 5.74) is 2.26. The number of carbonyl (C=O) groups is 2. The topological polar surface area (TPSA) is 75.6 Å². The molecule has 0 bridgehead atoms. The zero-order valence-electron chi connectivity index (χ0n) is 15.7. The number of nitrogens with one attached hydrogen (secondary N) is 3. The number of ether oxygens (including phenoxy) is 1. The van der Waals surface area contributed by atoms with Crippen LogP contribution in [0.1, 0.15) is 17.3 Å². The van der Waals surface area contributed by atoms with Crippen LogP contribution in [0.2, 0.25) is 0 Å². The number of ketones is 1. The van der Waals surface area contributed by atoms with E-state index < -0.39 is 0 Å². The first-order chi connectivity index (χ1) is 13.0. The van der Waals surface area contributed by atoms with Gasteiger partial charge in [-0.3, -0.25) is 9.59 Å². The Hall–Kier alpha value is -3.12. The van der Waals surface area contributed by atoms with Crippen molar-refractivity contribution in [3.63, 3.8) is 0 Å². The zero-order chi connectivity index (χ0) is 19.4. The van der Waals surface area contributed by atoms with Gasteiger partial charge in [0.1, 0.15) is 11.8 Å². The number of hydrogen-bond donors (Lipinski definition) is 3. The molecule has 0 aliphatic carbocycles. The maximum Gasteiger partial charge on any atom is 0.279 e. The average molecular weight is 366 g/mol. The number of amides is 1. The first-order valence-corrected chi connectivity index (χ1v) is 8.86. The molecule has 1 heterocycles. The minimum Gasteiger partial charge on any atom is -0.497 e. The molecule has 0 spiro atoms. The molecule has 2 aromatic carbocycles. The quantitative estimate of drug-likeness (QED) is 0.559. The molecule has 140 valence electrons. The lowest BCUT2D eigenvalue weighted by Gasteiger charge is -2.20. The van der Waals surface area contributed by atoms with Crippen molar-refractivity contribution in [2.45, 2.75) is 13.0 Å². The van der Waals surface area contributed by atoms with E-state index in [0.29, 0.717) is 17.0 Å². The molecule has 3 rings (SSSR count). The Kier molecular flexibility index (Phi) is 5.57. The van der Waals surface area contributed by atoms with Gasteiger partial charge < -0.3 is 19.9 Å². The molecule has 6 nitrogen and oxygen atoms in total. The summed E-state index contributed by atoms with van der Waals surface area (Å²) < 4.78 is 5.16. The number of Topliss-reactive ketones (excluding diaryl/α,β-unsaturated/α-hetero) is 1. The van der Waals surface area contributed by atoms with E-state index in [2.05, 4.69) is 10.3 Å². The summed E-state index contributed by atoms with van der Waals surface area (Å²) in [5, 5.41) is 3.75. The van der Waals surface area contributed by atoms with Crippen LogP contribution in [0.5, 0.6) is 5.75 Å². The number of H-pyrrole nitrogens is 1. The molecule has 0 radical (unpaired) electrons. The van der Waals surface area contributed by atoms with E-state index in [1.165, 1.54) is 0 Å². The van der Waals surface area contributed by atoms with E-state index in [1.807, 2.05) is 50.4 Å². The van der Waals surface area contributed by atoms with Crippen molar-refractivity contribution in [1.29, 1.82) is 0 Å². The van der Waals surface area contributed by atoms with Crippen molar-refractivity contribution in [3.05, 3.63) is 60.3 Å². The molecule has 0 aliphatic rings. The molecular weight excluding hydrogens is 342 g/mol. The highest BCUT2D eigenvalue weighted by atomic mass is 16.5. The van der Waals surface area contributed by atoms with Crippen LogP contribution in [-0.2, 0) is 4.79 Å². The lowest BCUT2D eigenvalue weighted by atomic mass is 10.0. The van der Waals surface area contributed by atoms with Gasteiger partial charge in [-0.05, 0) is 25.1 Å². The second kappa shape index (κ2) is 8.05. The van der Waals surface area contributed by atoms with Crippen LogP contribution < -0.4 is 15.0 Å². The van der Waals surface area contributed by atoms with Crippen LogP contribution in [0.15, 0.2) is 54.7 Å². The van der Waals surface area contributed by atoms with Gasteiger partial charge in [0.05, 0.1) is 14.2 Å². The maximum atomic E-state index is 12.9. The molecule has 6 heteroatoms. The smallest absolute Gasteiger partial charge is 0.279 e. The van der Waals surface area contributed by atoms with Gasteiger partial charge in [0.2, 0.25) is 5.78 Å². The third-order valence-electron chi connectivity index (χ3n) is 4.78. The predicted molar refractivity (Wildman–Crippen MR) is 105 cm³/mol. The Morgan fingerprint density at radius 2 is 1.96 bits per heavy atom. The third-order valence-corrected chi connectivity index (χ3v) is 4.78. The minimum absolute atomic E-state index is 0.0131. The fraction of sp³-hybridized carbons (Fsp3) is 0.238. The number of hydrogen-bond acceptors (Lipinski definition) is 3. The van der Waals surface area contributed by atoms with E-state index in [4.69, 9.17) is 4.74 Å². The highest BCUT2D eigenvalue weighted by molar-refractivity contribution is 6.09. The number of carbonyl (C=O) groups excluding carboxylic acids is 2. The molecule has 0 aliphatic heterocycles. The summed E-state index contributed by atoms with van der Waals surface area (Å²) >= 11 is 0. The van der Waals surface area contributed by atoms with Crippen LogP contribution in [0, 0.1) is 0 Å². The number of para-hydroxylation sites is 1. The number of likely N-dealkylation sites (N-methyl/N-ethyl adjacent to an activating group) is 1. The highest BCUT2D eigenvalue weighted by Crippen LogP contribution is 2.19. The van der Waals surface area contributed by atoms with Gasteiger partial charge in [-0.1, -0.05) is 24.3 Å². The molecule has 1 unspecified atom stereocenters. The largest absolute Gasteiger partial charge is 0.497 e. The van der Waals surface area contributed by atoms with E-state index in [9.17, 15) is 9.59 Å². The Morgan fingerprint density at radius 1 is 1.19 bits per heavy atom. The van der Waals surface area contributed by atoms with E-state index in [-0.39, 0.29) is 24.3 Å². The van der Waals surface area contributed by atoms with E-state index >= 15 is 0 Å². The number of anilines is 1. The number of fused-ring (bicyclic) bond motifs is 1. The second-order valence-electron chi connectivity index (χ2n) is 6.64. The Labute approximate surface area is 158 Å². The molecule has 0 saturated heterocycles. The Balaban J connectivity index is 1.65. The van der Waals surface area contributed by atoms with Crippen molar-refractivity contribution >= 4 is 28.3 Å². The van der Waals surface area contributed by atoms with Gasteiger partial charge in [-0.2, -0.15) is 0 Å². The summed E-state index contributed by atoms with van der Waals surface area (Å²) in [5.74, 6) is 0.537. The molecule has 1 aromatic heterocycles. The Morgan fingerprint density at radius 3 is 2.74 bits per heavy atom. The van der Waals surface area contributed by atoms with Gasteiger partial charge >= 0.3 is 0 Å². The maximum absolute atomic E-state index is 12.9. The van der Waals surface area contributed by atoms with Gasteiger partial charge in [0.15, 0.2) is 6.54 Å².